The van der Waals surface area contributed by atoms with E-state index in [0.717, 1.165) is 17.4 Å². The van der Waals surface area contributed by atoms with Crippen LogP contribution in [0.15, 0.2) is 73.1 Å². The molecule has 1 saturated heterocycles. The van der Waals surface area contributed by atoms with Crippen molar-refractivity contribution in [2.75, 3.05) is 18.8 Å². The minimum atomic E-state index is -4.67. The van der Waals surface area contributed by atoms with Crippen molar-refractivity contribution in [1.29, 1.82) is 0 Å². The third-order valence-electron chi connectivity index (χ3n) is 7.01. The Kier molecular flexibility index (Phi) is 8.77. The Morgan fingerprint density at radius 1 is 1.00 bits per heavy atom. The van der Waals surface area contributed by atoms with Crippen molar-refractivity contribution in [2.45, 2.75) is 31.5 Å². The van der Waals surface area contributed by atoms with Crippen LogP contribution in [0.4, 0.5) is 27.8 Å². The standard InChI is InChI=1S/C31H26F5N5O2S/c32-30(33)11-13-41(14-12-30)29(43)21-4-7-25(38-17-21)20-3-6-23(24(15-20)31(34,35)36)26-8-5-22(44-26)18-40-28(42)10-2-19-1-9-27(37)39-16-19/h1-10,15-17H,11-14,18H2,(H2,37,39)(H,40,42). The Morgan fingerprint density at radius 3 is 2.43 bits per heavy atom. The van der Waals surface area contributed by atoms with Crippen LogP contribution in [0.2, 0.25) is 0 Å². The highest BCUT2D eigenvalue weighted by Gasteiger charge is 2.36. The van der Waals surface area contributed by atoms with Gasteiger partial charge in [0.2, 0.25) is 5.91 Å². The number of amides is 2. The summed E-state index contributed by atoms with van der Waals surface area (Å²) in [7, 11) is 0. The number of benzene rings is 1. The Hall–Kier alpha value is -4.65. The van der Waals surface area contributed by atoms with Crippen LogP contribution in [0.1, 0.15) is 39.2 Å². The zero-order valence-electron chi connectivity index (χ0n) is 23.1. The molecule has 4 heterocycles. The van der Waals surface area contributed by atoms with E-state index in [0.29, 0.717) is 21.1 Å². The lowest BCUT2D eigenvalue weighted by molar-refractivity contribution is -0.137. The highest BCUT2D eigenvalue weighted by Crippen LogP contribution is 2.41. The molecule has 0 unspecified atom stereocenters. The first-order valence-electron chi connectivity index (χ1n) is 13.5. The summed E-state index contributed by atoms with van der Waals surface area (Å²) < 4.78 is 69.4. The van der Waals surface area contributed by atoms with Gasteiger partial charge in [-0.2, -0.15) is 13.2 Å². The molecule has 0 atom stereocenters. The number of alkyl halides is 5. The molecule has 2 amide bonds. The van der Waals surface area contributed by atoms with E-state index >= 15 is 0 Å². The van der Waals surface area contributed by atoms with Gasteiger partial charge in [0.1, 0.15) is 5.82 Å². The fourth-order valence-electron chi connectivity index (χ4n) is 4.60. The molecule has 0 bridgehead atoms. The predicted octanol–water partition coefficient (Wildman–Crippen LogP) is 6.67. The summed E-state index contributed by atoms with van der Waals surface area (Å²) in [5.41, 5.74) is 5.94. The second kappa shape index (κ2) is 12.5. The molecular weight excluding hydrogens is 601 g/mol. The lowest BCUT2D eigenvalue weighted by Gasteiger charge is -2.31. The number of likely N-dealkylation sites (tertiary alicyclic amines) is 1. The van der Waals surface area contributed by atoms with Gasteiger partial charge < -0.3 is 16.0 Å². The van der Waals surface area contributed by atoms with Gasteiger partial charge in [0.05, 0.1) is 23.4 Å². The number of carbonyl (C=O) groups excluding carboxylic acids is 2. The van der Waals surface area contributed by atoms with Crippen LogP contribution in [-0.2, 0) is 17.5 Å². The van der Waals surface area contributed by atoms with Crippen LogP contribution < -0.4 is 11.1 Å². The zero-order valence-corrected chi connectivity index (χ0v) is 23.9. The molecule has 13 heteroatoms. The number of thiophene rings is 1. The van der Waals surface area contributed by atoms with Crippen molar-refractivity contribution in [3.63, 3.8) is 0 Å². The van der Waals surface area contributed by atoms with Gasteiger partial charge in [0.25, 0.3) is 11.8 Å². The average molecular weight is 628 g/mol. The number of hydrogen-bond acceptors (Lipinski definition) is 6. The summed E-state index contributed by atoms with van der Waals surface area (Å²) in [6.07, 6.45) is 0.149. The largest absolute Gasteiger partial charge is 0.417 e. The average Bonchev–Trinajstić information content (AvgIpc) is 3.48. The molecule has 44 heavy (non-hydrogen) atoms. The SMILES string of the molecule is Nc1ccc(C=CC(=O)NCc2ccc(-c3ccc(-c4ccc(C(=O)N5CCC(F)(F)CC5)cn4)cc3C(F)(F)F)s2)cn1. The lowest BCUT2D eigenvalue weighted by atomic mass is 10.00. The fourth-order valence-corrected chi connectivity index (χ4v) is 5.59. The summed E-state index contributed by atoms with van der Waals surface area (Å²) in [6, 6.07) is 13.3. The van der Waals surface area contributed by atoms with Crippen molar-refractivity contribution in [3.05, 3.63) is 94.6 Å². The number of aromatic nitrogens is 2. The molecular formula is C31H26F5N5O2S. The van der Waals surface area contributed by atoms with Crippen LogP contribution in [0.3, 0.4) is 0 Å². The zero-order chi connectivity index (χ0) is 31.5. The van der Waals surface area contributed by atoms with Gasteiger partial charge >= 0.3 is 6.18 Å². The number of hydrogen-bond donors (Lipinski definition) is 2. The number of rotatable bonds is 7. The molecule has 0 aliphatic carbocycles. The molecule has 0 radical (unpaired) electrons. The van der Waals surface area contributed by atoms with Gasteiger partial charge in [-0.3, -0.25) is 14.6 Å². The van der Waals surface area contributed by atoms with Gasteiger partial charge in [0.15, 0.2) is 0 Å². The quantitative estimate of drug-likeness (QED) is 0.176. The topological polar surface area (TPSA) is 101 Å². The maximum Gasteiger partial charge on any atom is 0.417 e. The summed E-state index contributed by atoms with van der Waals surface area (Å²) >= 11 is 1.13. The van der Waals surface area contributed by atoms with Crippen molar-refractivity contribution < 1.29 is 31.5 Å². The lowest BCUT2D eigenvalue weighted by Crippen LogP contribution is -2.42. The third-order valence-corrected chi connectivity index (χ3v) is 8.13. The van der Waals surface area contributed by atoms with Crippen LogP contribution in [-0.4, -0.2) is 45.7 Å². The van der Waals surface area contributed by atoms with Crippen molar-refractivity contribution in [2.24, 2.45) is 0 Å². The Morgan fingerprint density at radius 2 is 1.77 bits per heavy atom. The van der Waals surface area contributed by atoms with E-state index in [1.165, 1.54) is 47.6 Å². The third kappa shape index (κ3) is 7.46. The monoisotopic (exact) mass is 627 g/mol. The summed E-state index contributed by atoms with van der Waals surface area (Å²) in [5.74, 6) is -3.27. The maximum atomic E-state index is 14.2. The summed E-state index contributed by atoms with van der Waals surface area (Å²) in [5, 5.41) is 2.71. The first-order valence-corrected chi connectivity index (χ1v) is 14.3. The molecule has 1 fully saturated rings. The van der Waals surface area contributed by atoms with E-state index in [1.807, 2.05) is 0 Å². The minimum absolute atomic E-state index is 0.0201. The molecule has 228 valence electrons. The number of anilines is 1. The van der Waals surface area contributed by atoms with Crippen LogP contribution >= 0.6 is 11.3 Å². The highest BCUT2D eigenvalue weighted by atomic mass is 32.1. The van der Waals surface area contributed by atoms with E-state index in [2.05, 4.69) is 15.3 Å². The van der Waals surface area contributed by atoms with Gasteiger partial charge in [0, 0.05) is 65.3 Å². The fraction of sp³-hybridized carbons (Fsp3) is 0.226. The van der Waals surface area contributed by atoms with Crippen molar-refractivity contribution in [3.8, 4) is 21.7 Å². The molecule has 0 spiro atoms. The highest BCUT2D eigenvalue weighted by molar-refractivity contribution is 7.15. The number of nitrogen functional groups attached to an aromatic ring is 1. The molecule has 1 aliphatic heterocycles. The molecule has 7 nitrogen and oxygen atoms in total. The van der Waals surface area contributed by atoms with Gasteiger partial charge in [-0.1, -0.05) is 12.1 Å². The van der Waals surface area contributed by atoms with Crippen LogP contribution in [0, 0.1) is 0 Å². The predicted molar refractivity (Wildman–Crippen MR) is 158 cm³/mol. The first-order chi connectivity index (χ1) is 20.9. The van der Waals surface area contributed by atoms with E-state index in [-0.39, 0.29) is 47.9 Å². The molecule has 4 aromatic rings. The molecule has 5 rings (SSSR count). The summed E-state index contributed by atoms with van der Waals surface area (Å²) in [6.45, 7) is -0.0390. The molecule has 1 aromatic carbocycles. The first kappa shape index (κ1) is 30.8. The number of piperidine rings is 1. The van der Waals surface area contributed by atoms with E-state index < -0.39 is 36.4 Å². The smallest absolute Gasteiger partial charge is 0.384 e. The van der Waals surface area contributed by atoms with Crippen molar-refractivity contribution >= 4 is 35.0 Å². The summed E-state index contributed by atoms with van der Waals surface area (Å²) in [4.78, 5) is 35.4. The molecule has 3 aromatic heterocycles. The number of nitrogens with one attached hydrogen (secondary N) is 1. The number of nitrogens with zero attached hydrogens (tertiary/aromatic N) is 3. The second-order valence-electron chi connectivity index (χ2n) is 10.2. The minimum Gasteiger partial charge on any atom is -0.384 e. The van der Waals surface area contributed by atoms with E-state index in [9.17, 15) is 31.5 Å². The van der Waals surface area contributed by atoms with Gasteiger partial charge in [-0.15, -0.1) is 11.3 Å². The molecule has 0 saturated carbocycles. The number of halogens is 5. The normalized spacial score (nSPS) is 15.0. The maximum absolute atomic E-state index is 14.2. The van der Waals surface area contributed by atoms with E-state index in [1.54, 1.807) is 30.3 Å². The van der Waals surface area contributed by atoms with Gasteiger partial charge in [-0.25, -0.2) is 13.8 Å². The number of pyridine rings is 2. The van der Waals surface area contributed by atoms with Crippen LogP contribution in [0.25, 0.3) is 27.8 Å². The number of carbonyl (C=O) groups is 2. The van der Waals surface area contributed by atoms with E-state index in [4.69, 9.17) is 5.73 Å². The molecule has 3 N–H and O–H groups in total. The van der Waals surface area contributed by atoms with Crippen LogP contribution in [0.5, 0.6) is 0 Å². The Balaban J connectivity index is 1.27. The Bertz CT molecular complexity index is 1680. The number of nitrogens with two attached hydrogens (primary N) is 1. The Labute approximate surface area is 253 Å². The molecule has 1 aliphatic rings. The second-order valence-corrected chi connectivity index (χ2v) is 11.3. The van der Waals surface area contributed by atoms with Crippen molar-refractivity contribution in [1.82, 2.24) is 20.2 Å². The van der Waals surface area contributed by atoms with Gasteiger partial charge in [-0.05, 0) is 54.1 Å².